The average molecular weight is 246 g/mol. The minimum atomic E-state index is -4.07. The molecule has 2 fully saturated rings. The van der Waals surface area contributed by atoms with Crippen molar-refractivity contribution in [3.63, 3.8) is 0 Å². The van der Waals surface area contributed by atoms with Gasteiger partial charge in [0.25, 0.3) is 10.1 Å². The van der Waals surface area contributed by atoms with Gasteiger partial charge in [0, 0.05) is 11.8 Å². The largest absolute Gasteiger partial charge is 0.299 e. The van der Waals surface area contributed by atoms with Gasteiger partial charge in [-0.3, -0.25) is 9.35 Å². The maximum absolute atomic E-state index is 12.0. The summed E-state index contributed by atoms with van der Waals surface area (Å²) >= 11 is 0. The van der Waals surface area contributed by atoms with Gasteiger partial charge in [0.05, 0.1) is 5.75 Å². The van der Waals surface area contributed by atoms with E-state index in [-0.39, 0.29) is 22.9 Å². The molecule has 0 aromatic heterocycles. The Labute approximate surface area is 96.2 Å². The highest BCUT2D eigenvalue weighted by molar-refractivity contribution is 7.85. The van der Waals surface area contributed by atoms with E-state index in [4.69, 9.17) is 4.55 Å². The molecule has 2 saturated carbocycles. The number of hydrogen-bond acceptors (Lipinski definition) is 3. The molecule has 2 atom stereocenters. The van der Waals surface area contributed by atoms with Crippen LogP contribution in [-0.2, 0) is 14.9 Å². The Bertz CT molecular complexity index is 423. The lowest BCUT2D eigenvalue weighted by atomic mass is 9.46. The molecule has 2 rings (SSSR count). The van der Waals surface area contributed by atoms with E-state index in [2.05, 4.69) is 13.8 Å². The monoisotopic (exact) mass is 246 g/mol. The van der Waals surface area contributed by atoms with E-state index >= 15 is 0 Å². The summed E-state index contributed by atoms with van der Waals surface area (Å²) in [7, 11) is -4.07. The summed E-state index contributed by atoms with van der Waals surface area (Å²) in [6.45, 7) is 4.17. The Morgan fingerprint density at radius 3 is 2.44 bits per heavy atom. The van der Waals surface area contributed by atoms with Gasteiger partial charge < -0.3 is 0 Å². The Kier molecular flexibility index (Phi) is 2.48. The topological polar surface area (TPSA) is 71.4 Å². The lowest BCUT2D eigenvalue weighted by Crippen LogP contribution is -2.59. The zero-order chi connectivity index (χ0) is 12.2. The Morgan fingerprint density at radius 2 is 2.00 bits per heavy atom. The molecule has 5 heteroatoms. The van der Waals surface area contributed by atoms with Crippen molar-refractivity contribution in [1.29, 1.82) is 0 Å². The number of Topliss-reactive ketones (excluding diaryl/α,β-unsaturated/α-hetero) is 1. The van der Waals surface area contributed by atoms with E-state index in [1.54, 1.807) is 0 Å². The van der Waals surface area contributed by atoms with E-state index in [0.717, 1.165) is 12.8 Å². The van der Waals surface area contributed by atoms with Gasteiger partial charge in [0.1, 0.15) is 5.78 Å². The Hall–Kier alpha value is -0.420. The molecule has 0 spiro atoms. The van der Waals surface area contributed by atoms with Crippen LogP contribution in [-0.4, -0.2) is 24.5 Å². The zero-order valence-electron chi connectivity index (χ0n) is 9.69. The molecule has 1 N–H and O–H groups in total. The fraction of sp³-hybridized carbons (Fsp3) is 0.909. The molecular weight excluding hydrogens is 228 g/mol. The molecule has 0 aromatic rings. The summed E-state index contributed by atoms with van der Waals surface area (Å²) in [4.78, 5) is 12.0. The fourth-order valence-corrected chi connectivity index (χ4v) is 4.70. The molecule has 0 amide bonds. The third-order valence-corrected chi connectivity index (χ3v) is 5.36. The molecule has 0 radical (unpaired) electrons. The second kappa shape index (κ2) is 3.29. The van der Waals surface area contributed by atoms with Crippen LogP contribution in [0.3, 0.4) is 0 Å². The Morgan fingerprint density at radius 1 is 1.38 bits per heavy atom. The molecule has 0 heterocycles. The van der Waals surface area contributed by atoms with E-state index in [1.807, 2.05) is 0 Å². The first-order valence-corrected chi connectivity index (χ1v) is 7.27. The van der Waals surface area contributed by atoms with Crippen LogP contribution in [0.1, 0.15) is 39.5 Å². The molecule has 16 heavy (non-hydrogen) atoms. The molecular formula is C11H18O4S. The van der Waals surface area contributed by atoms with Gasteiger partial charge in [0.2, 0.25) is 0 Å². The average Bonchev–Trinajstić information content (AvgIpc) is 2.04. The molecule has 0 saturated heterocycles. The fourth-order valence-electron chi connectivity index (χ4n) is 3.55. The quantitative estimate of drug-likeness (QED) is 0.752. The highest BCUT2D eigenvalue weighted by Gasteiger charge is 2.61. The molecule has 0 aliphatic heterocycles. The van der Waals surface area contributed by atoms with Crippen molar-refractivity contribution in [2.24, 2.45) is 16.7 Å². The maximum Gasteiger partial charge on any atom is 0.265 e. The van der Waals surface area contributed by atoms with E-state index in [0.29, 0.717) is 12.8 Å². The lowest BCUT2D eigenvalue weighted by molar-refractivity contribution is -0.153. The van der Waals surface area contributed by atoms with Gasteiger partial charge in [-0.1, -0.05) is 13.8 Å². The van der Waals surface area contributed by atoms with Gasteiger partial charge in [-0.2, -0.15) is 8.42 Å². The molecule has 0 aromatic carbocycles. The normalized spacial score (nSPS) is 37.7. The van der Waals surface area contributed by atoms with Gasteiger partial charge in [-0.25, -0.2) is 0 Å². The van der Waals surface area contributed by atoms with Gasteiger partial charge in [-0.15, -0.1) is 0 Å². The highest BCUT2D eigenvalue weighted by atomic mass is 32.2. The first-order valence-electron chi connectivity index (χ1n) is 5.66. The molecule has 0 bridgehead atoms. The molecule has 2 aliphatic carbocycles. The van der Waals surface area contributed by atoms with Crippen molar-refractivity contribution in [3.05, 3.63) is 0 Å². The minimum absolute atomic E-state index is 0.0108. The predicted molar refractivity (Wildman–Crippen MR) is 59.6 cm³/mol. The van der Waals surface area contributed by atoms with Crippen LogP contribution < -0.4 is 0 Å². The van der Waals surface area contributed by atoms with Crippen molar-refractivity contribution < 1.29 is 17.8 Å². The molecule has 1 unspecified atom stereocenters. The van der Waals surface area contributed by atoms with Crippen molar-refractivity contribution in [3.8, 4) is 0 Å². The minimum Gasteiger partial charge on any atom is -0.299 e. The van der Waals surface area contributed by atoms with Crippen molar-refractivity contribution >= 4 is 15.9 Å². The number of ketones is 1. The summed E-state index contributed by atoms with van der Waals surface area (Å²) in [6.07, 6.45) is 2.77. The Balaban J connectivity index is 2.34. The molecule has 92 valence electrons. The third kappa shape index (κ3) is 1.70. The third-order valence-electron chi connectivity index (χ3n) is 4.48. The van der Waals surface area contributed by atoms with Crippen LogP contribution in [0.15, 0.2) is 0 Å². The van der Waals surface area contributed by atoms with Crippen molar-refractivity contribution in [2.45, 2.75) is 39.5 Å². The zero-order valence-corrected chi connectivity index (χ0v) is 10.5. The maximum atomic E-state index is 12.0. The van der Waals surface area contributed by atoms with Crippen LogP contribution in [0.25, 0.3) is 0 Å². The summed E-state index contributed by atoms with van der Waals surface area (Å²) < 4.78 is 31.1. The first-order chi connectivity index (χ1) is 7.17. The van der Waals surface area contributed by atoms with E-state index < -0.39 is 15.5 Å². The standard InChI is InChI=1S/C11H18O4S/c1-10(2)5-4-9(12)11(6-3-8(10)11)7-16(13,14)15/h8H,3-7H2,1-2H3,(H,13,14,15)/t8?,11-/m0/s1. The van der Waals surface area contributed by atoms with Crippen molar-refractivity contribution in [2.75, 3.05) is 5.75 Å². The smallest absolute Gasteiger partial charge is 0.265 e. The number of rotatable bonds is 2. The summed E-state index contributed by atoms with van der Waals surface area (Å²) in [5.74, 6) is -0.240. The SMILES string of the molecule is CC1(C)CCC(=O)[C@]2(CS(=O)(=O)O)CCC12. The van der Waals surface area contributed by atoms with Crippen LogP contribution in [0.2, 0.25) is 0 Å². The number of carbonyl (C=O) groups excluding carboxylic acids is 1. The van der Waals surface area contributed by atoms with Gasteiger partial charge in [-0.05, 0) is 30.6 Å². The highest BCUT2D eigenvalue weighted by Crippen LogP contribution is 2.61. The number of carbonyl (C=O) groups is 1. The predicted octanol–water partition coefficient (Wildman–Crippen LogP) is 1.66. The van der Waals surface area contributed by atoms with Gasteiger partial charge >= 0.3 is 0 Å². The molecule has 2 aliphatic rings. The lowest BCUT2D eigenvalue weighted by Gasteiger charge is -2.58. The second-order valence-electron chi connectivity index (χ2n) is 5.89. The van der Waals surface area contributed by atoms with Crippen molar-refractivity contribution in [1.82, 2.24) is 0 Å². The van der Waals surface area contributed by atoms with Crippen LogP contribution in [0.4, 0.5) is 0 Å². The van der Waals surface area contributed by atoms with Crippen LogP contribution >= 0.6 is 0 Å². The number of fused-ring (bicyclic) bond motifs is 1. The van der Waals surface area contributed by atoms with E-state index in [1.165, 1.54) is 0 Å². The summed E-state index contributed by atoms with van der Waals surface area (Å²) in [5.41, 5.74) is -0.772. The first kappa shape index (κ1) is 12.0. The summed E-state index contributed by atoms with van der Waals surface area (Å²) in [6, 6.07) is 0. The van der Waals surface area contributed by atoms with Crippen LogP contribution in [0, 0.1) is 16.7 Å². The number of hydrogen-bond donors (Lipinski definition) is 1. The van der Waals surface area contributed by atoms with E-state index in [9.17, 15) is 13.2 Å². The summed E-state index contributed by atoms with van der Waals surface area (Å²) in [5, 5.41) is 0. The van der Waals surface area contributed by atoms with Crippen LogP contribution in [0.5, 0.6) is 0 Å². The molecule has 4 nitrogen and oxygen atoms in total. The second-order valence-corrected chi connectivity index (χ2v) is 7.34. The van der Waals surface area contributed by atoms with Gasteiger partial charge in [0.15, 0.2) is 0 Å².